The molecular formula is C14H19NOS. The van der Waals surface area contributed by atoms with Gasteiger partial charge in [0.1, 0.15) is 5.76 Å². The van der Waals surface area contributed by atoms with Crippen LogP contribution in [0.2, 0.25) is 0 Å². The van der Waals surface area contributed by atoms with E-state index in [0.29, 0.717) is 12.1 Å². The van der Waals surface area contributed by atoms with Gasteiger partial charge in [0, 0.05) is 18.5 Å². The molecule has 92 valence electrons. The van der Waals surface area contributed by atoms with Gasteiger partial charge in [-0.3, -0.25) is 0 Å². The molecule has 0 saturated heterocycles. The van der Waals surface area contributed by atoms with Crippen molar-refractivity contribution in [2.45, 2.75) is 38.8 Å². The lowest BCUT2D eigenvalue weighted by molar-refractivity contribution is 0.431. The molecular weight excluding hydrogens is 230 g/mol. The second-order valence-electron chi connectivity index (χ2n) is 4.46. The molecule has 0 aliphatic heterocycles. The minimum Gasteiger partial charge on any atom is -0.469 e. The van der Waals surface area contributed by atoms with E-state index >= 15 is 0 Å². The Hall–Kier alpha value is -1.06. The van der Waals surface area contributed by atoms with Crippen molar-refractivity contribution in [3.63, 3.8) is 0 Å². The summed E-state index contributed by atoms with van der Waals surface area (Å²) in [5.41, 5.74) is 1.37. The van der Waals surface area contributed by atoms with Crippen LogP contribution in [0.5, 0.6) is 0 Å². The summed E-state index contributed by atoms with van der Waals surface area (Å²) >= 11 is 1.75. The first-order valence-electron chi connectivity index (χ1n) is 6.06. The molecule has 2 rings (SSSR count). The first kappa shape index (κ1) is 12.4. The lowest BCUT2D eigenvalue weighted by Gasteiger charge is -2.19. The van der Waals surface area contributed by atoms with Gasteiger partial charge in [-0.15, -0.1) is 0 Å². The van der Waals surface area contributed by atoms with Crippen LogP contribution in [0, 0.1) is 0 Å². The molecule has 0 aliphatic rings. The van der Waals surface area contributed by atoms with Gasteiger partial charge in [0.2, 0.25) is 0 Å². The molecule has 1 N–H and O–H groups in total. The summed E-state index contributed by atoms with van der Waals surface area (Å²) in [5, 5.41) is 7.94. The minimum absolute atomic E-state index is 0.424. The van der Waals surface area contributed by atoms with Gasteiger partial charge in [-0.25, -0.2) is 0 Å². The summed E-state index contributed by atoms with van der Waals surface area (Å²) in [6.07, 6.45) is 3.83. The van der Waals surface area contributed by atoms with Crippen LogP contribution in [0.15, 0.2) is 39.6 Å². The van der Waals surface area contributed by atoms with Gasteiger partial charge in [0.25, 0.3) is 0 Å². The second-order valence-corrected chi connectivity index (χ2v) is 5.24. The molecule has 0 aliphatic carbocycles. The molecule has 0 fully saturated rings. The van der Waals surface area contributed by atoms with Crippen molar-refractivity contribution in [1.29, 1.82) is 0 Å². The van der Waals surface area contributed by atoms with E-state index < -0.39 is 0 Å². The number of hydrogen-bond acceptors (Lipinski definition) is 3. The van der Waals surface area contributed by atoms with Crippen molar-refractivity contribution in [2.24, 2.45) is 0 Å². The average Bonchev–Trinajstić information content (AvgIpc) is 2.99. The minimum atomic E-state index is 0.424. The number of rotatable bonds is 6. The van der Waals surface area contributed by atoms with E-state index in [-0.39, 0.29) is 0 Å². The molecule has 2 unspecified atom stereocenters. The Morgan fingerprint density at radius 2 is 2.24 bits per heavy atom. The third-order valence-electron chi connectivity index (χ3n) is 2.98. The summed E-state index contributed by atoms with van der Waals surface area (Å²) in [7, 11) is 0. The van der Waals surface area contributed by atoms with E-state index in [1.165, 1.54) is 5.56 Å². The molecule has 3 heteroatoms. The number of hydrogen-bond donors (Lipinski definition) is 1. The van der Waals surface area contributed by atoms with Gasteiger partial charge in [-0.1, -0.05) is 0 Å². The van der Waals surface area contributed by atoms with E-state index in [1.807, 2.05) is 12.1 Å². The summed E-state index contributed by atoms with van der Waals surface area (Å²) < 4.78 is 5.34. The Kier molecular flexibility index (Phi) is 4.40. The number of furan rings is 1. The quantitative estimate of drug-likeness (QED) is 0.836. The number of thiophene rings is 1. The third-order valence-corrected chi connectivity index (χ3v) is 3.68. The Morgan fingerprint density at radius 3 is 2.88 bits per heavy atom. The fourth-order valence-corrected chi connectivity index (χ4v) is 2.70. The summed E-state index contributed by atoms with van der Waals surface area (Å²) in [6, 6.07) is 7.08. The summed E-state index contributed by atoms with van der Waals surface area (Å²) in [5.74, 6) is 1.07. The van der Waals surface area contributed by atoms with Crippen molar-refractivity contribution >= 4 is 11.3 Å². The fraction of sp³-hybridized carbons (Fsp3) is 0.429. The van der Waals surface area contributed by atoms with E-state index in [0.717, 1.165) is 18.6 Å². The van der Waals surface area contributed by atoms with Crippen LogP contribution in [0.1, 0.15) is 37.6 Å². The van der Waals surface area contributed by atoms with Gasteiger partial charge in [0.05, 0.1) is 6.26 Å². The fourth-order valence-electron chi connectivity index (χ4n) is 1.94. The standard InChI is InChI=1S/C14H19NOS/c1-11(5-6-14-4-3-8-16-14)15-12(2)13-7-9-17-10-13/h3-4,7-12,15H,5-6H2,1-2H3. The molecule has 0 spiro atoms. The van der Waals surface area contributed by atoms with E-state index in [9.17, 15) is 0 Å². The van der Waals surface area contributed by atoms with Crippen molar-refractivity contribution in [1.82, 2.24) is 5.32 Å². The van der Waals surface area contributed by atoms with Gasteiger partial charge >= 0.3 is 0 Å². The van der Waals surface area contributed by atoms with Crippen LogP contribution in [0.25, 0.3) is 0 Å². The van der Waals surface area contributed by atoms with Gasteiger partial charge in [0.15, 0.2) is 0 Å². The molecule has 2 nitrogen and oxygen atoms in total. The maximum absolute atomic E-state index is 5.34. The molecule has 2 atom stereocenters. The van der Waals surface area contributed by atoms with Crippen molar-refractivity contribution < 1.29 is 4.42 Å². The highest BCUT2D eigenvalue weighted by molar-refractivity contribution is 7.07. The smallest absolute Gasteiger partial charge is 0.103 e. The zero-order chi connectivity index (χ0) is 12.1. The molecule has 0 aromatic carbocycles. The molecule has 2 aromatic rings. The monoisotopic (exact) mass is 249 g/mol. The molecule has 17 heavy (non-hydrogen) atoms. The Balaban J connectivity index is 1.75. The molecule has 0 saturated carbocycles. The normalized spacial score (nSPS) is 14.7. The summed E-state index contributed by atoms with van der Waals surface area (Å²) in [4.78, 5) is 0. The maximum atomic E-state index is 5.34. The second kappa shape index (κ2) is 6.03. The van der Waals surface area contributed by atoms with Crippen LogP contribution in [0.4, 0.5) is 0 Å². The zero-order valence-electron chi connectivity index (χ0n) is 10.3. The van der Waals surface area contributed by atoms with E-state index in [2.05, 4.69) is 36.0 Å². The van der Waals surface area contributed by atoms with Crippen LogP contribution >= 0.6 is 11.3 Å². The molecule has 0 radical (unpaired) electrons. The topological polar surface area (TPSA) is 25.2 Å². The molecule has 0 amide bonds. The summed E-state index contributed by atoms with van der Waals surface area (Å²) in [6.45, 7) is 4.44. The van der Waals surface area contributed by atoms with Crippen molar-refractivity contribution in [3.05, 3.63) is 46.5 Å². The average molecular weight is 249 g/mol. The van der Waals surface area contributed by atoms with Crippen LogP contribution in [-0.2, 0) is 6.42 Å². The Morgan fingerprint density at radius 1 is 1.35 bits per heavy atom. The molecule has 0 bridgehead atoms. The number of nitrogens with one attached hydrogen (secondary N) is 1. The highest BCUT2D eigenvalue weighted by Gasteiger charge is 2.10. The first-order valence-corrected chi connectivity index (χ1v) is 7.00. The predicted molar refractivity (Wildman–Crippen MR) is 72.4 cm³/mol. The van der Waals surface area contributed by atoms with Crippen molar-refractivity contribution in [3.8, 4) is 0 Å². The lowest BCUT2D eigenvalue weighted by Crippen LogP contribution is -2.29. The largest absolute Gasteiger partial charge is 0.469 e. The van der Waals surface area contributed by atoms with Gasteiger partial charge in [-0.2, -0.15) is 11.3 Å². The predicted octanol–water partition coefficient (Wildman–Crippen LogP) is 4.01. The van der Waals surface area contributed by atoms with Gasteiger partial charge in [-0.05, 0) is 54.8 Å². The number of aryl methyl sites for hydroxylation is 1. The highest BCUT2D eigenvalue weighted by atomic mass is 32.1. The highest BCUT2D eigenvalue weighted by Crippen LogP contribution is 2.17. The zero-order valence-corrected chi connectivity index (χ0v) is 11.2. The maximum Gasteiger partial charge on any atom is 0.103 e. The van der Waals surface area contributed by atoms with Crippen molar-refractivity contribution in [2.75, 3.05) is 0 Å². The van der Waals surface area contributed by atoms with Gasteiger partial charge < -0.3 is 9.73 Å². The lowest BCUT2D eigenvalue weighted by atomic mass is 10.1. The van der Waals surface area contributed by atoms with Crippen LogP contribution in [-0.4, -0.2) is 6.04 Å². The van der Waals surface area contributed by atoms with E-state index in [1.54, 1.807) is 17.6 Å². The molecule has 2 heterocycles. The van der Waals surface area contributed by atoms with Crippen LogP contribution < -0.4 is 5.32 Å². The van der Waals surface area contributed by atoms with Crippen LogP contribution in [0.3, 0.4) is 0 Å². The Labute approximate surface area is 107 Å². The molecule has 2 aromatic heterocycles. The SMILES string of the molecule is CC(CCc1ccco1)NC(C)c1ccsc1. The van der Waals surface area contributed by atoms with E-state index in [4.69, 9.17) is 4.42 Å². The third kappa shape index (κ3) is 3.72. The Bertz CT molecular complexity index is 407. The first-order chi connectivity index (χ1) is 8.25.